The molecule has 1 aliphatic carbocycles. The zero-order valence-corrected chi connectivity index (χ0v) is 71.8. The van der Waals surface area contributed by atoms with E-state index in [2.05, 4.69) is 52.0 Å². The van der Waals surface area contributed by atoms with E-state index in [-0.39, 0.29) is 32.1 Å². The Hall–Kier alpha value is -3.05. The number of phosphoric ester groups is 1. The third-order valence-corrected chi connectivity index (χ3v) is 23.2. The number of phosphoric acid groups is 1. The van der Waals surface area contributed by atoms with Gasteiger partial charge >= 0.3 is 31.7 Å². The molecule has 2 saturated heterocycles. The van der Waals surface area contributed by atoms with E-state index in [0.717, 1.165) is 122 Å². The molecule has 26 heteroatoms. The number of carbonyl (C=O) groups excluding carboxylic acids is 4. The van der Waals surface area contributed by atoms with Gasteiger partial charge in [0.2, 0.25) is 0 Å². The summed E-state index contributed by atoms with van der Waals surface area (Å²) in [4.78, 5) is 66.3. The molecule has 2 heterocycles. The van der Waals surface area contributed by atoms with Crippen molar-refractivity contribution in [2.24, 2.45) is 0 Å². The van der Waals surface area contributed by atoms with Gasteiger partial charge in [-0.3, -0.25) is 28.2 Å². The van der Waals surface area contributed by atoms with Crippen LogP contribution in [0, 0.1) is 0 Å². The van der Waals surface area contributed by atoms with Gasteiger partial charge in [0.1, 0.15) is 92.6 Å². The summed E-state index contributed by atoms with van der Waals surface area (Å²) >= 11 is 0. The molecule has 0 aromatic rings. The molecule has 3 aliphatic rings. The predicted molar refractivity (Wildman–Crippen MR) is 439 cm³/mol. The van der Waals surface area contributed by atoms with Gasteiger partial charge in [0.25, 0.3) is 0 Å². The molecule has 0 amide bonds. The van der Waals surface area contributed by atoms with Crippen molar-refractivity contribution in [2.75, 3.05) is 26.4 Å². The third kappa shape index (κ3) is 47.8. The van der Waals surface area contributed by atoms with Crippen LogP contribution < -0.4 is 0 Å². The monoisotopic (exact) mass is 1650 g/mol. The van der Waals surface area contributed by atoms with Crippen molar-refractivity contribution < 1.29 is 122 Å². The normalized spacial score (nSPS) is 25.5. The van der Waals surface area contributed by atoms with Crippen LogP contribution in [0.1, 0.15) is 381 Å². The van der Waals surface area contributed by atoms with E-state index in [0.29, 0.717) is 32.1 Å². The van der Waals surface area contributed by atoms with Crippen LogP contribution in [0.4, 0.5) is 0 Å². The van der Waals surface area contributed by atoms with Crippen LogP contribution in [-0.2, 0) is 70.7 Å². The first kappa shape index (κ1) is 105. The van der Waals surface area contributed by atoms with E-state index >= 15 is 0 Å². The van der Waals surface area contributed by atoms with Gasteiger partial charge in [-0.1, -0.05) is 302 Å². The maximum Gasteiger partial charge on any atom is 0.472 e. The smallest absolute Gasteiger partial charge is 0.463 e. The SMILES string of the molecule is CCCCCCCC/C=C\CCCCCC(=O)OCC(COP(=O)(O)OC1C(OC2OC(CO)C(O)C(O)C2O)C(O)C(O)C(OC(=O)CCCCC/C=C\CCCCCCCC)C1OC1OC(COC(=O)CCCCCCCCCCCCCCCCCC)C(O)C(O)C1O)OC(=O)CCCCCCCCCCCCCCC. The molecule has 0 aromatic carbocycles. The van der Waals surface area contributed by atoms with E-state index in [9.17, 15) is 74.6 Å². The van der Waals surface area contributed by atoms with Gasteiger partial charge in [0, 0.05) is 25.7 Å². The first-order valence-corrected chi connectivity index (χ1v) is 47.1. The molecule has 10 N–H and O–H groups in total. The number of aliphatic hydroxyl groups is 9. The lowest BCUT2D eigenvalue weighted by Gasteiger charge is -2.50. The van der Waals surface area contributed by atoms with Crippen LogP contribution in [0.25, 0.3) is 0 Å². The fourth-order valence-electron chi connectivity index (χ4n) is 14.9. The average molecular weight is 1650 g/mol. The summed E-state index contributed by atoms with van der Waals surface area (Å²) in [6.07, 6.45) is 26.3. The van der Waals surface area contributed by atoms with Gasteiger partial charge in [-0.25, -0.2) is 4.57 Å². The first-order valence-electron chi connectivity index (χ1n) is 45.6. The molecular weight excluding hydrogens is 1490 g/mol. The van der Waals surface area contributed by atoms with Crippen molar-refractivity contribution in [1.82, 2.24) is 0 Å². The number of aliphatic hydroxyl groups excluding tert-OH is 9. The van der Waals surface area contributed by atoms with Crippen molar-refractivity contribution in [3.63, 3.8) is 0 Å². The van der Waals surface area contributed by atoms with Crippen molar-refractivity contribution in [1.29, 1.82) is 0 Å². The van der Waals surface area contributed by atoms with Crippen molar-refractivity contribution in [2.45, 2.75) is 485 Å². The Balaban J connectivity index is 1.93. The Bertz CT molecular complexity index is 2480. The summed E-state index contributed by atoms with van der Waals surface area (Å²) in [6.45, 7) is 5.54. The molecule has 0 bridgehead atoms. The van der Waals surface area contributed by atoms with Gasteiger partial charge in [-0.05, 0) is 77.0 Å². The molecule has 2 aliphatic heterocycles. The molecule has 3 fully saturated rings. The fourth-order valence-corrected chi connectivity index (χ4v) is 15.9. The molecule has 114 heavy (non-hydrogen) atoms. The minimum Gasteiger partial charge on any atom is -0.463 e. The highest BCUT2D eigenvalue weighted by Crippen LogP contribution is 2.49. The number of esters is 4. The number of unbranched alkanes of at least 4 members (excludes halogenated alkanes) is 45. The lowest BCUT2D eigenvalue weighted by Crippen LogP contribution is -2.70. The Morgan fingerprint density at radius 3 is 1.05 bits per heavy atom. The minimum absolute atomic E-state index is 0.0142. The van der Waals surface area contributed by atoms with Crippen LogP contribution in [0.15, 0.2) is 24.3 Å². The molecule has 18 unspecified atom stereocenters. The highest BCUT2D eigenvalue weighted by atomic mass is 31.2. The second-order valence-corrected chi connectivity index (χ2v) is 33.9. The molecule has 3 rings (SSSR count). The van der Waals surface area contributed by atoms with E-state index in [1.54, 1.807) is 0 Å². The van der Waals surface area contributed by atoms with E-state index in [4.69, 9.17) is 46.9 Å². The second kappa shape index (κ2) is 67.6. The molecular formula is C88H161O25P. The number of hydrogen-bond acceptors (Lipinski definition) is 24. The summed E-state index contributed by atoms with van der Waals surface area (Å²) in [6, 6.07) is 0. The molecule has 668 valence electrons. The standard InChI is InChI=1S/C88H161O25P/c1-5-9-13-17-21-25-29-33-34-35-39-41-45-49-53-57-61-72(91)105-67-70-76(95)78(97)82(101)88(109-70)112-85-83(110-74(93)63-59-55-51-47-43-38-32-28-24-20-16-12-8-4)79(98)80(99)84(111-87-81(100)77(96)75(94)69(64-89)108-87)86(85)113-114(102,103)106-66-68(107-73(92)62-58-54-50-46-42-37-31-27-23-19-15-11-7-3)65-104-71(90)60-56-52-48-44-40-36-30-26-22-18-14-10-6-2/h36,38,40,43,68-70,75-89,94-101H,5-35,37,39,41-42,44-67H2,1-4H3,(H,102,103)/b40-36-,43-38-. The molecule has 0 aromatic heterocycles. The van der Waals surface area contributed by atoms with E-state index in [1.165, 1.54) is 167 Å². The number of ether oxygens (including phenoxy) is 8. The molecule has 18 atom stereocenters. The summed E-state index contributed by atoms with van der Waals surface area (Å²) < 4.78 is 73.2. The molecule has 1 saturated carbocycles. The van der Waals surface area contributed by atoms with Gasteiger partial charge in [0.15, 0.2) is 24.8 Å². The Kier molecular flexibility index (Phi) is 62.3. The van der Waals surface area contributed by atoms with Gasteiger partial charge in [0.05, 0.1) is 13.2 Å². The van der Waals surface area contributed by atoms with Crippen LogP contribution in [-0.4, -0.2) is 205 Å². The van der Waals surface area contributed by atoms with Gasteiger partial charge in [-0.2, -0.15) is 0 Å². The zero-order valence-electron chi connectivity index (χ0n) is 70.9. The molecule has 0 radical (unpaired) electrons. The highest BCUT2D eigenvalue weighted by Gasteiger charge is 2.60. The Morgan fingerprint density at radius 2 is 0.658 bits per heavy atom. The minimum atomic E-state index is -5.81. The quantitative estimate of drug-likeness (QED) is 0.00889. The van der Waals surface area contributed by atoms with Gasteiger partial charge < -0.3 is 88.7 Å². The van der Waals surface area contributed by atoms with Crippen LogP contribution in [0.3, 0.4) is 0 Å². The lowest BCUT2D eigenvalue weighted by atomic mass is 9.84. The fraction of sp³-hybridized carbons (Fsp3) is 0.909. The summed E-state index contributed by atoms with van der Waals surface area (Å²) in [5.41, 5.74) is 0. The van der Waals surface area contributed by atoms with Crippen LogP contribution >= 0.6 is 7.82 Å². The first-order chi connectivity index (χ1) is 55.2. The number of carbonyl (C=O) groups is 4. The average Bonchev–Trinajstić information content (AvgIpc) is 0.754. The van der Waals surface area contributed by atoms with Crippen LogP contribution in [0.5, 0.6) is 0 Å². The summed E-state index contributed by atoms with van der Waals surface area (Å²) in [7, 11) is -5.81. The Morgan fingerprint density at radius 1 is 0.342 bits per heavy atom. The summed E-state index contributed by atoms with van der Waals surface area (Å²) in [5.74, 6) is -3.00. The topological polar surface area (TPSA) is 380 Å². The maximum atomic E-state index is 14.9. The lowest BCUT2D eigenvalue weighted by molar-refractivity contribution is -0.360. The van der Waals surface area contributed by atoms with Gasteiger partial charge in [-0.15, -0.1) is 0 Å². The second-order valence-electron chi connectivity index (χ2n) is 32.5. The van der Waals surface area contributed by atoms with E-state index in [1.807, 2.05) is 0 Å². The largest absolute Gasteiger partial charge is 0.472 e. The number of rotatable bonds is 73. The Labute approximate surface area is 685 Å². The summed E-state index contributed by atoms with van der Waals surface area (Å²) in [5, 5.41) is 102. The third-order valence-electron chi connectivity index (χ3n) is 22.2. The highest BCUT2D eigenvalue weighted by molar-refractivity contribution is 7.47. The van der Waals surface area contributed by atoms with Crippen molar-refractivity contribution in [3.05, 3.63) is 24.3 Å². The zero-order chi connectivity index (χ0) is 83.2. The van der Waals surface area contributed by atoms with Crippen molar-refractivity contribution >= 4 is 31.7 Å². The number of allylic oxidation sites excluding steroid dienone is 4. The predicted octanol–water partition coefficient (Wildman–Crippen LogP) is 16.2. The molecule has 25 nitrogen and oxygen atoms in total. The number of hydrogen-bond donors (Lipinski definition) is 10. The van der Waals surface area contributed by atoms with E-state index < -0.39 is 162 Å². The van der Waals surface area contributed by atoms with Crippen LogP contribution in [0.2, 0.25) is 0 Å². The maximum absolute atomic E-state index is 14.9. The van der Waals surface area contributed by atoms with Crippen molar-refractivity contribution in [3.8, 4) is 0 Å². The molecule has 0 spiro atoms.